The van der Waals surface area contributed by atoms with Gasteiger partial charge in [-0.25, -0.2) is 4.98 Å². The summed E-state index contributed by atoms with van der Waals surface area (Å²) >= 11 is 0. The van der Waals surface area contributed by atoms with Crippen molar-refractivity contribution >= 4 is 16.9 Å². The lowest BCUT2D eigenvalue weighted by atomic mass is 10.1. The topological polar surface area (TPSA) is 67.2 Å². The number of hydrogen-bond acceptors (Lipinski definition) is 3. The summed E-state index contributed by atoms with van der Waals surface area (Å²) in [5.74, 6) is 0.979. The summed E-state index contributed by atoms with van der Waals surface area (Å²) in [5, 5.41) is 12.1. The van der Waals surface area contributed by atoms with Gasteiger partial charge in [-0.3, -0.25) is 4.79 Å². The van der Waals surface area contributed by atoms with E-state index in [1.807, 2.05) is 30.3 Å². The number of para-hydroxylation sites is 2. The summed E-state index contributed by atoms with van der Waals surface area (Å²) in [6, 6.07) is 8.01. The van der Waals surface area contributed by atoms with Crippen molar-refractivity contribution in [2.45, 2.75) is 45.3 Å². The third kappa shape index (κ3) is 4.93. The minimum atomic E-state index is -0.346. The fourth-order valence-corrected chi connectivity index (χ4v) is 2.61. The van der Waals surface area contributed by atoms with E-state index < -0.39 is 0 Å². The number of aliphatic hydroxyl groups is 1. The van der Waals surface area contributed by atoms with Gasteiger partial charge in [0.1, 0.15) is 5.82 Å². The fraction of sp³-hybridized carbons (Fsp3) is 0.444. The highest BCUT2D eigenvalue weighted by molar-refractivity contribution is 5.76. The van der Waals surface area contributed by atoms with Crippen LogP contribution >= 0.6 is 0 Å². The van der Waals surface area contributed by atoms with Crippen molar-refractivity contribution in [3.05, 3.63) is 42.7 Å². The predicted molar refractivity (Wildman–Crippen MR) is 92.2 cm³/mol. The van der Waals surface area contributed by atoms with Crippen molar-refractivity contribution in [1.82, 2.24) is 14.9 Å². The first-order chi connectivity index (χ1) is 11.1. The van der Waals surface area contributed by atoms with Gasteiger partial charge in [0.15, 0.2) is 0 Å². The van der Waals surface area contributed by atoms with Crippen LogP contribution in [-0.2, 0) is 17.8 Å². The monoisotopic (exact) mass is 315 g/mol. The summed E-state index contributed by atoms with van der Waals surface area (Å²) in [4.78, 5) is 16.4. The summed E-state index contributed by atoms with van der Waals surface area (Å²) in [6.07, 6.45) is 4.01. The number of carbonyl (C=O) groups excluding carboxylic acids is 1. The van der Waals surface area contributed by atoms with Crippen LogP contribution in [0.5, 0.6) is 0 Å². The molecule has 1 aromatic carbocycles. The van der Waals surface area contributed by atoms with E-state index in [0.717, 1.165) is 16.9 Å². The minimum absolute atomic E-state index is 0.0250. The maximum Gasteiger partial charge on any atom is 0.220 e. The van der Waals surface area contributed by atoms with Crippen LogP contribution in [-0.4, -0.2) is 33.2 Å². The summed E-state index contributed by atoms with van der Waals surface area (Å²) in [7, 11) is 0. The molecule has 2 N–H and O–H groups in total. The molecule has 0 saturated heterocycles. The highest BCUT2D eigenvalue weighted by atomic mass is 16.3. The number of allylic oxidation sites excluding steroid dienone is 1. The van der Waals surface area contributed by atoms with Crippen molar-refractivity contribution < 1.29 is 9.90 Å². The lowest BCUT2D eigenvalue weighted by Gasteiger charge is -2.08. The second kappa shape index (κ2) is 8.48. The van der Waals surface area contributed by atoms with Gasteiger partial charge in [0.25, 0.3) is 0 Å². The first kappa shape index (κ1) is 17.2. The number of imidazole rings is 1. The van der Waals surface area contributed by atoms with Crippen LogP contribution < -0.4 is 5.32 Å². The molecular formula is C18H25N3O2. The van der Waals surface area contributed by atoms with Crippen molar-refractivity contribution in [3.63, 3.8) is 0 Å². The van der Waals surface area contributed by atoms with Gasteiger partial charge in [-0.2, -0.15) is 0 Å². The lowest BCUT2D eigenvalue weighted by Crippen LogP contribution is -2.26. The SMILES string of the molecule is C=CCn1c(CCNC(=O)CCC[C@@H](C)O)nc2ccccc21. The molecule has 1 aromatic heterocycles. The summed E-state index contributed by atoms with van der Waals surface area (Å²) in [5.41, 5.74) is 2.05. The largest absolute Gasteiger partial charge is 0.393 e. The summed E-state index contributed by atoms with van der Waals surface area (Å²) in [6.45, 7) is 6.81. The van der Waals surface area contributed by atoms with E-state index in [4.69, 9.17) is 0 Å². The van der Waals surface area contributed by atoms with Gasteiger partial charge in [0, 0.05) is 25.9 Å². The van der Waals surface area contributed by atoms with Crippen LogP contribution in [0.4, 0.5) is 0 Å². The Bertz CT molecular complexity index is 661. The average molecular weight is 315 g/mol. The fourth-order valence-electron chi connectivity index (χ4n) is 2.61. The van der Waals surface area contributed by atoms with Crippen LogP contribution in [0, 0.1) is 0 Å². The summed E-state index contributed by atoms with van der Waals surface area (Å²) < 4.78 is 2.13. The Morgan fingerprint density at radius 1 is 1.48 bits per heavy atom. The molecule has 23 heavy (non-hydrogen) atoms. The van der Waals surface area contributed by atoms with Gasteiger partial charge < -0.3 is 15.0 Å². The Hall–Kier alpha value is -2.14. The maximum atomic E-state index is 11.8. The van der Waals surface area contributed by atoms with Crippen molar-refractivity contribution in [2.75, 3.05) is 6.54 Å². The first-order valence-electron chi connectivity index (χ1n) is 8.11. The zero-order valence-electron chi connectivity index (χ0n) is 13.7. The number of carbonyl (C=O) groups is 1. The molecule has 5 heteroatoms. The maximum absolute atomic E-state index is 11.8. The van der Waals surface area contributed by atoms with Crippen molar-refractivity contribution in [3.8, 4) is 0 Å². The molecule has 1 heterocycles. The quantitative estimate of drug-likeness (QED) is 0.698. The number of nitrogens with one attached hydrogen (secondary N) is 1. The molecule has 0 bridgehead atoms. The zero-order chi connectivity index (χ0) is 16.7. The molecule has 2 aromatic rings. The van der Waals surface area contributed by atoms with Gasteiger partial charge in [-0.15, -0.1) is 6.58 Å². The Balaban J connectivity index is 1.90. The molecule has 0 saturated carbocycles. The normalized spacial score (nSPS) is 12.3. The Morgan fingerprint density at radius 2 is 2.26 bits per heavy atom. The van der Waals surface area contributed by atoms with Crippen LogP contribution in [0.1, 0.15) is 32.0 Å². The average Bonchev–Trinajstić information content (AvgIpc) is 2.85. The molecule has 0 aliphatic carbocycles. The number of rotatable bonds is 9. The van der Waals surface area contributed by atoms with Crippen LogP contribution in [0.25, 0.3) is 11.0 Å². The molecule has 0 unspecified atom stereocenters. The van der Waals surface area contributed by atoms with E-state index >= 15 is 0 Å². The molecule has 5 nitrogen and oxygen atoms in total. The highest BCUT2D eigenvalue weighted by Gasteiger charge is 2.09. The van der Waals surface area contributed by atoms with E-state index in [-0.39, 0.29) is 12.0 Å². The number of amides is 1. The Kier molecular flexibility index (Phi) is 6.35. The first-order valence-corrected chi connectivity index (χ1v) is 8.11. The van der Waals surface area contributed by atoms with Crippen molar-refractivity contribution in [2.24, 2.45) is 0 Å². The highest BCUT2D eigenvalue weighted by Crippen LogP contribution is 2.16. The third-order valence-corrected chi connectivity index (χ3v) is 3.74. The van der Waals surface area contributed by atoms with E-state index in [1.54, 1.807) is 6.92 Å². The molecule has 0 spiro atoms. The lowest BCUT2D eigenvalue weighted by molar-refractivity contribution is -0.121. The number of benzene rings is 1. The number of hydrogen-bond donors (Lipinski definition) is 2. The molecule has 0 radical (unpaired) electrons. The van der Waals surface area contributed by atoms with E-state index in [0.29, 0.717) is 38.8 Å². The number of fused-ring (bicyclic) bond motifs is 1. The minimum Gasteiger partial charge on any atom is -0.393 e. The third-order valence-electron chi connectivity index (χ3n) is 3.74. The molecule has 1 atom stereocenters. The second-order valence-corrected chi connectivity index (χ2v) is 5.76. The molecule has 124 valence electrons. The molecule has 0 aliphatic heterocycles. The van der Waals surface area contributed by atoms with Crippen LogP contribution in [0.15, 0.2) is 36.9 Å². The van der Waals surface area contributed by atoms with Crippen molar-refractivity contribution in [1.29, 1.82) is 0 Å². The van der Waals surface area contributed by atoms with E-state index in [9.17, 15) is 9.90 Å². The Labute approximate surface area is 137 Å². The number of aromatic nitrogens is 2. The molecule has 2 rings (SSSR count). The second-order valence-electron chi connectivity index (χ2n) is 5.76. The van der Waals surface area contributed by atoms with Gasteiger partial charge in [-0.1, -0.05) is 18.2 Å². The van der Waals surface area contributed by atoms with E-state index in [1.165, 1.54) is 0 Å². The van der Waals surface area contributed by atoms with Gasteiger partial charge in [0.2, 0.25) is 5.91 Å². The zero-order valence-corrected chi connectivity index (χ0v) is 13.7. The van der Waals surface area contributed by atoms with Crippen LogP contribution in [0.3, 0.4) is 0 Å². The Morgan fingerprint density at radius 3 is 3.00 bits per heavy atom. The molecule has 0 fully saturated rings. The standard InChI is InChI=1S/C18H25N3O2/c1-3-13-21-16-9-5-4-8-15(16)20-17(21)11-12-19-18(23)10-6-7-14(2)22/h3-5,8-9,14,22H,1,6-7,10-13H2,2H3,(H,19,23)/t14-/m1/s1. The predicted octanol–water partition coefficient (Wildman–Crippen LogP) is 2.43. The molecular weight excluding hydrogens is 290 g/mol. The van der Waals surface area contributed by atoms with Gasteiger partial charge in [0.05, 0.1) is 17.1 Å². The smallest absolute Gasteiger partial charge is 0.220 e. The number of aliphatic hydroxyl groups excluding tert-OH is 1. The molecule has 1 amide bonds. The molecule has 0 aliphatic rings. The van der Waals surface area contributed by atoms with Gasteiger partial charge >= 0.3 is 0 Å². The van der Waals surface area contributed by atoms with Crippen LogP contribution in [0.2, 0.25) is 0 Å². The number of nitrogens with zero attached hydrogens (tertiary/aromatic N) is 2. The van der Waals surface area contributed by atoms with Gasteiger partial charge in [-0.05, 0) is 31.9 Å². The van der Waals surface area contributed by atoms with E-state index in [2.05, 4.69) is 21.4 Å².